The molecule has 0 bridgehead atoms. The lowest BCUT2D eigenvalue weighted by Gasteiger charge is -2.34. The number of nitrogens with zero attached hydrogens (tertiary/aromatic N) is 2. The highest BCUT2D eigenvalue weighted by Crippen LogP contribution is 2.21. The van der Waals surface area contributed by atoms with Crippen molar-refractivity contribution in [3.63, 3.8) is 0 Å². The molecular formula is C17H33N3O2. The average molecular weight is 311 g/mol. The Labute approximate surface area is 135 Å². The lowest BCUT2D eigenvalue weighted by atomic mass is 9.92. The van der Waals surface area contributed by atoms with Crippen molar-refractivity contribution in [3.05, 3.63) is 0 Å². The van der Waals surface area contributed by atoms with Gasteiger partial charge >= 0.3 is 6.03 Å². The SMILES string of the molecule is CCN1CCC(CCNC(=O)N2CCC(C(C)O)CC2)CC1. The molecule has 2 rings (SSSR count). The van der Waals surface area contributed by atoms with Crippen LogP contribution in [0.4, 0.5) is 4.79 Å². The van der Waals surface area contributed by atoms with E-state index >= 15 is 0 Å². The van der Waals surface area contributed by atoms with E-state index < -0.39 is 0 Å². The molecule has 2 aliphatic rings. The molecule has 22 heavy (non-hydrogen) atoms. The van der Waals surface area contributed by atoms with Crippen molar-refractivity contribution in [3.8, 4) is 0 Å². The number of piperidine rings is 2. The number of carbonyl (C=O) groups excluding carboxylic acids is 1. The minimum atomic E-state index is -0.251. The van der Waals surface area contributed by atoms with Crippen LogP contribution >= 0.6 is 0 Å². The fourth-order valence-corrected chi connectivity index (χ4v) is 3.67. The van der Waals surface area contributed by atoms with Crippen molar-refractivity contribution < 1.29 is 9.90 Å². The van der Waals surface area contributed by atoms with Crippen LogP contribution in [-0.4, -0.2) is 66.3 Å². The standard InChI is InChI=1S/C17H33N3O2/c1-3-19-10-5-15(6-11-19)4-9-18-17(22)20-12-7-16(8-13-20)14(2)21/h14-16,21H,3-13H2,1-2H3,(H,18,22). The first-order valence-corrected chi connectivity index (χ1v) is 9.03. The van der Waals surface area contributed by atoms with Gasteiger partial charge in [-0.3, -0.25) is 0 Å². The second-order valence-corrected chi connectivity index (χ2v) is 6.96. The topological polar surface area (TPSA) is 55.8 Å². The molecule has 0 aromatic heterocycles. The van der Waals surface area contributed by atoms with Crippen LogP contribution in [0, 0.1) is 11.8 Å². The monoisotopic (exact) mass is 311 g/mol. The van der Waals surface area contributed by atoms with Crippen LogP contribution < -0.4 is 5.32 Å². The predicted octanol–water partition coefficient (Wildman–Crippen LogP) is 1.91. The molecule has 2 amide bonds. The quantitative estimate of drug-likeness (QED) is 0.815. The summed E-state index contributed by atoms with van der Waals surface area (Å²) in [5.74, 6) is 1.12. The number of carbonyl (C=O) groups is 1. The van der Waals surface area contributed by atoms with E-state index in [1.807, 2.05) is 11.8 Å². The number of aliphatic hydroxyl groups is 1. The molecule has 0 radical (unpaired) electrons. The zero-order valence-electron chi connectivity index (χ0n) is 14.3. The van der Waals surface area contributed by atoms with Crippen molar-refractivity contribution in [1.82, 2.24) is 15.1 Å². The van der Waals surface area contributed by atoms with Gasteiger partial charge < -0.3 is 20.2 Å². The molecule has 0 saturated carbocycles. The highest BCUT2D eigenvalue weighted by atomic mass is 16.3. The lowest BCUT2D eigenvalue weighted by Crippen LogP contribution is -2.46. The summed E-state index contributed by atoms with van der Waals surface area (Å²) in [6, 6.07) is 0.0787. The first-order chi connectivity index (χ1) is 10.6. The summed E-state index contributed by atoms with van der Waals surface area (Å²) < 4.78 is 0. The number of hydrogen-bond donors (Lipinski definition) is 2. The number of amides is 2. The summed E-state index contributed by atoms with van der Waals surface area (Å²) in [7, 11) is 0. The highest BCUT2D eigenvalue weighted by Gasteiger charge is 2.25. The molecule has 0 aliphatic carbocycles. The molecule has 0 spiro atoms. The van der Waals surface area contributed by atoms with Gasteiger partial charge in [0.1, 0.15) is 0 Å². The smallest absolute Gasteiger partial charge is 0.317 e. The van der Waals surface area contributed by atoms with Gasteiger partial charge in [-0.2, -0.15) is 0 Å². The van der Waals surface area contributed by atoms with Crippen LogP contribution in [-0.2, 0) is 0 Å². The number of urea groups is 1. The van der Waals surface area contributed by atoms with Crippen LogP contribution in [0.25, 0.3) is 0 Å². The normalized spacial score (nSPS) is 23.5. The maximum Gasteiger partial charge on any atom is 0.317 e. The molecule has 0 aromatic carbocycles. The summed E-state index contributed by atoms with van der Waals surface area (Å²) in [6.45, 7) is 10.00. The fourth-order valence-electron chi connectivity index (χ4n) is 3.67. The zero-order valence-corrected chi connectivity index (χ0v) is 14.3. The Morgan fingerprint density at radius 1 is 1.18 bits per heavy atom. The molecule has 5 nitrogen and oxygen atoms in total. The maximum atomic E-state index is 12.2. The molecule has 2 fully saturated rings. The molecule has 5 heteroatoms. The molecule has 1 atom stereocenters. The fraction of sp³-hybridized carbons (Fsp3) is 0.941. The van der Waals surface area contributed by atoms with Gasteiger partial charge in [0.05, 0.1) is 6.10 Å². The van der Waals surface area contributed by atoms with Gasteiger partial charge in [-0.15, -0.1) is 0 Å². The molecule has 2 saturated heterocycles. The number of likely N-dealkylation sites (tertiary alicyclic amines) is 2. The molecule has 0 aromatic rings. The number of aliphatic hydroxyl groups excluding tert-OH is 1. The van der Waals surface area contributed by atoms with Gasteiger partial charge in [-0.05, 0) is 70.5 Å². The van der Waals surface area contributed by atoms with Crippen molar-refractivity contribution in [2.45, 2.75) is 52.1 Å². The molecule has 1 unspecified atom stereocenters. The predicted molar refractivity (Wildman–Crippen MR) is 88.8 cm³/mol. The Kier molecular flexibility index (Phi) is 6.96. The van der Waals surface area contributed by atoms with Crippen molar-refractivity contribution in [2.24, 2.45) is 11.8 Å². The van der Waals surface area contributed by atoms with Gasteiger partial charge in [-0.25, -0.2) is 4.79 Å². The number of rotatable bonds is 5. The third-order valence-electron chi connectivity index (χ3n) is 5.49. The first kappa shape index (κ1) is 17.5. The van der Waals surface area contributed by atoms with E-state index in [-0.39, 0.29) is 12.1 Å². The van der Waals surface area contributed by atoms with Gasteiger partial charge in [0, 0.05) is 19.6 Å². The lowest BCUT2D eigenvalue weighted by molar-refractivity contribution is 0.0797. The largest absolute Gasteiger partial charge is 0.393 e. The second kappa shape index (κ2) is 8.73. The number of hydrogen-bond acceptors (Lipinski definition) is 3. The molecule has 2 N–H and O–H groups in total. The van der Waals surface area contributed by atoms with E-state index in [0.717, 1.165) is 51.4 Å². The molecule has 2 heterocycles. The Balaban J connectivity index is 1.58. The Hall–Kier alpha value is -0.810. The molecule has 2 aliphatic heterocycles. The van der Waals surface area contributed by atoms with E-state index in [1.54, 1.807) is 0 Å². The first-order valence-electron chi connectivity index (χ1n) is 9.03. The Morgan fingerprint density at radius 2 is 1.82 bits per heavy atom. The van der Waals surface area contributed by atoms with Gasteiger partial charge in [0.2, 0.25) is 0 Å². The average Bonchev–Trinajstić information content (AvgIpc) is 2.55. The highest BCUT2D eigenvalue weighted by molar-refractivity contribution is 5.74. The van der Waals surface area contributed by atoms with Crippen LogP contribution in [0.15, 0.2) is 0 Å². The van der Waals surface area contributed by atoms with Gasteiger partial charge in [0.15, 0.2) is 0 Å². The van der Waals surface area contributed by atoms with Crippen LogP contribution in [0.3, 0.4) is 0 Å². The minimum absolute atomic E-state index is 0.0787. The third kappa shape index (κ3) is 5.13. The van der Waals surface area contributed by atoms with E-state index in [1.165, 1.54) is 25.9 Å². The van der Waals surface area contributed by atoms with E-state index in [9.17, 15) is 9.90 Å². The summed E-state index contributed by atoms with van der Waals surface area (Å²) in [6.07, 6.45) is 5.22. The Morgan fingerprint density at radius 3 is 2.36 bits per heavy atom. The van der Waals surface area contributed by atoms with E-state index in [2.05, 4.69) is 17.1 Å². The summed E-state index contributed by atoms with van der Waals surface area (Å²) >= 11 is 0. The zero-order chi connectivity index (χ0) is 15.9. The number of nitrogens with one attached hydrogen (secondary N) is 1. The molecule has 128 valence electrons. The maximum absolute atomic E-state index is 12.2. The van der Waals surface area contributed by atoms with Crippen LogP contribution in [0.5, 0.6) is 0 Å². The summed E-state index contributed by atoms with van der Waals surface area (Å²) in [5, 5.41) is 12.7. The van der Waals surface area contributed by atoms with Crippen molar-refractivity contribution in [1.29, 1.82) is 0 Å². The van der Waals surface area contributed by atoms with Gasteiger partial charge in [0.25, 0.3) is 0 Å². The summed E-state index contributed by atoms with van der Waals surface area (Å²) in [5.41, 5.74) is 0. The van der Waals surface area contributed by atoms with E-state index in [4.69, 9.17) is 0 Å². The Bertz CT molecular complexity index is 333. The van der Waals surface area contributed by atoms with Crippen molar-refractivity contribution >= 4 is 6.03 Å². The van der Waals surface area contributed by atoms with Crippen molar-refractivity contribution in [2.75, 3.05) is 39.3 Å². The minimum Gasteiger partial charge on any atom is -0.393 e. The van der Waals surface area contributed by atoms with Crippen LogP contribution in [0.1, 0.15) is 46.0 Å². The van der Waals surface area contributed by atoms with Gasteiger partial charge in [-0.1, -0.05) is 6.92 Å². The van der Waals surface area contributed by atoms with Crippen LogP contribution in [0.2, 0.25) is 0 Å². The third-order valence-corrected chi connectivity index (χ3v) is 5.49. The second-order valence-electron chi connectivity index (χ2n) is 6.96. The molecular weight excluding hydrogens is 278 g/mol. The summed E-state index contributed by atoms with van der Waals surface area (Å²) in [4.78, 5) is 16.6. The van der Waals surface area contributed by atoms with E-state index in [0.29, 0.717) is 5.92 Å².